The number of fused-ring (bicyclic) bond motifs is 1. The molecule has 2 aliphatic heterocycles. The summed E-state index contributed by atoms with van der Waals surface area (Å²) >= 11 is 0. The Hall–Kier alpha value is -2.38. The van der Waals surface area contributed by atoms with Crippen LogP contribution in [0.1, 0.15) is 35.1 Å². The van der Waals surface area contributed by atoms with Gasteiger partial charge in [0, 0.05) is 31.6 Å². The molecule has 4 rings (SSSR count). The van der Waals surface area contributed by atoms with Crippen LogP contribution in [0.3, 0.4) is 0 Å². The molecule has 7 nitrogen and oxygen atoms in total. The Morgan fingerprint density at radius 3 is 2.75 bits per heavy atom. The molecule has 1 fully saturated rings. The first-order chi connectivity index (χ1) is 13.7. The van der Waals surface area contributed by atoms with E-state index < -0.39 is 0 Å². The first kappa shape index (κ1) is 19.0. The van der Waals surface area contributed by atoms with E-state index in [1.807, 2.05) is 33.8 Å². The Labute approximate surface area is 165 Å². The predicted octanol–water partition coefficient (Wildman–Crippen LogP) is 2.12. The smallest absolute Gasteiger partial charge is 0.274 e. The van der Waals surface area contributed by atoms with Gasteiger partial charge in [0.1, 0.15) is 5.75 Å². The van der Waals surface area contributed by atoms with Crippen LogP contribution in [0.4, 0.5) is 0 Å². The van der Waals surface area contributed by atoms with E-state index >= 15 is 0 Å². The van der Waals surface area contributed by atoms with E-state index in [4.69, 9.17) is 14.6 Å². The quantitative estimate of drug-likeness (QED) is 0.808. The van der Waals surface area contributed by atoms with Crippen LogP contribution in [0, 0.1) is 0 Å². The van der Waals surface area contributed by atoms with E-state index in [1.165, 1.54) is 0 Å². The van der Waals surface area contributed by atoms with E-state index in [0.29, 0.717) is 18.9 Å². The number of benzene rings is 1. The van der Waals surface area contributed by atoms with E-state index in [9.17, 15) is 4.79 Å². The molecule has 1 aromatic carbocycles. The molecule has 28 heavy (non-hydrogen) atoms. The molecule has 7 heteroatoms. The Morgan fingerprint density at radius 2 is 2.00 bits per heavy atom. The summed E-state index contributed by atoms with van der Waals surface area (Å²) in [5, 5.41) is 4.75. The SMILES string of the molecule is CCN1CCCN(C(=O)c2nn(-c3ccc(OC)cc3)c3c2COCC3)CC1. The minimum Gasteiger partial charge on any atom is -0.497 e. The molecule has 0 N–H and O–H groups in total. The molecule has 0 radical (unpaired) electrons. The molecule has 150 valence electrons. The van der Waals surface area contributed by atoms with Crippen LogP contribution in [0.2, 0.25) is 0 Å². The van der Waals surface area contributed by atoms with Gasteiger partial charge in [-0.25, -0.2) is 4.68 Å². The number of aromatic nitrogens is 2. The largest absolute Gasteiger partial charge is 0.497 e. The van der Waals surface area contributed by atoms with E-state index in [-0.39, 0.29) is 5.91 Å². The molecule has 1 amide bonds. The lowest BCUT2D eigenvalue weighted by molar-refractivity contribution is 0.0742. The molecule has 1 saturated heterocycles. The zero-order chi connectivity index (χ0) is 19.5. The molecule has 0 spiro atoms. The number of methoxy groups -OCH3 is 1. The van der Waals surface area contributed by atoms with Crippen molar-refractivity contribution in [3.63, 3.8) is 0 Å². The summed E-state index contributed by atoms with van der Waals surface area (Å²) in [6, 6.07) is 7.78. The summed E-state index contributed by atoms with van der Waals surface area (Å²) in [5.41, 5.74) is 3.48. The van der Waals surface area contributed by atoms with Crippen LogP contribution in [-0.2, 0) is 17.8 Å². The average molecular weight is 384 g/mol. The minimum absolute atomic E-state index is 0.0203. The number of likely N-dealkylation sites (N-methyl/N-ethyl adjacent to an activating group) is 1. The van der Waals surface area contributed by atoms with Crippen LogP contribution in [0.5, 0.6) is 5.75 Å². The van der Waals surface area contributed by atoms with Gasteiger partial charge in [0.25, 0.3) is 5.91 Å². The van der Waals surface area contributed by atoms with E-state index in [1.54, 1.807) is 7.11 Å². The van der Waals surface area contributed by atoms with Crippen LogP contribution in [-0.4, -0.2) is 71.9 Å². The van der Waals surface area contributed by atoms with Crippen molar-refractivity contribution in [1.29, 1.82) is 0 Å². The first-order valence-corrected chi connectivity index (χ1v) is 10.1. The van der Waals surface area contributed by atoms with Crippen molar-refractivity contribution in [2.45, 2.75) is 26.4 Å². The van der Waals surface area contributed by atoms with Gasteiger partial charge in [0.15, 0.2) is 5.69 Å². The number of carbonyl (C=O) groups is 1. The van der Waals surface area contributed by atoms with Gasteiger partial charge in [-0.2, -0.15) is 5.10 Å². The van der Waals surface area contributed by atoms with Crippen LogP contribution in [0.25, 0.3) is 5.69 Å². The van der Waals surface area contributed by atoms with Gasteiger partial charge in [0.2, 0.25) is 0 Å². The van der Waals surface area contributed by atoms with Crippen molar-refractivity contribution < 1.29 is 14.3 Å². The summed E-state index contributed by atoms with van der Waals surface area (Å²) < 4.78 is 12.8. The minimum atomic E-state index is 0.0203. The molecule has 0 saturated carbocycles. The zero-order valence-corrected chi connectivity index (χ0v) is 16.7. The summed E-state index contributed by atoms with van der Waals surface area (Å²) in [6.45, 7) is 7.78. The molecule has 0 bridgehead atoms. The van der Waals surface area contributed by atoms with Crippen molar-refractivity contribution in [2.24, 2.45) is 0 Å². The molecule has 0 unspecified atom stereocenters. The fraction of sp³-hybridized carbons (Fsp3) is 0.524. The zero-order valence-electron chi connectivity index (χ0n) is 16.7. The Bertz CT molecular complexity index is 831. The molecule has 0 aliphatic carbocycles. The Balaban J connectivity index is 1.65. The summed E-state index contributed by atoms with van der Waals surface area (Å²) in [6.07, 6.45) is 1.75. The third-order valence-corrected chi connectivity index (χ3v) is 5.66. The van der Waals surface area contributed by atoms with E-state index in [0.717, 1.165) is 68.3 Å². The van der Waals surface area contributed by atoms with Crippen molar-refractivity contribution >= 4 is 5.91 Å². The molecular formula is C21H28N4O3. The number of ether oxygens (including phenoxy) is 2. The fourth-order valence-corrected chi connectivity index (χ4v) is 3.99. The van der Waals surface area contributed by atoms with Crippen LogP contribution >= 0.6 is 0 Å². The number of carbonyl (C=O) groups excluding carboxylic acids is 1. The van der Waals surface area contributed by atoms with Gasteiger partial charge < -0.3 is 19.3 Å². The Morgan fingerprint density at radius 1 is 1.18 bits per heavy atom. The number of nitrogens with zero attached hydrogens (tertiary/aromatic N) is 4. The first-order valence-electron chi connectivity index (χ1n) is 10.1. The van der Waals surface area contributed by atoms with Crippen molar-refractivity contribution in [3.8, 4) is 11.4 Å². The molecular weight excluding hydrogens is 356 g/mol. The van der Waals surface area contributed by atoms with E-state index in [2.05, 4.69) is 11.8 Å². The highest BCUT2D eigenvalue weighted by Gasteiger charge is 2.29. The fourth-order valence-electron chi connectivity index (χ4n) is 3.99. The molecule has 2 aliphatic rings. The normalized spacial score (nSPS) is 17.9. The lowest BCUT2D eigenvalue weighted by atomic mass is 10.1. The number of rotatable bonds is 4. The Kier molecular flexibility index (Phi) is 5.64. The van der Waals surface area contributed by atoms with Gasteiger partial charge in [-0.3, -0.25) is 4.79 Å². The van der Waals surface area contributed by atoms with Gasteiger partial charge in [-0.05, 0) is 43.8 Å². The predicted molar refractivity (Wildman–Crippen MR) is 106 cm³/mol. The molecule has 1 aromatic heterocycles. The second-order valence-corrected chi connectivity index (χ2v) is 7.27. The maximum absolute atomic E-state index is 13.3. The second kappa shape index (κ2) is 8.32. The monoisotopic (exact) mass is 384 g/mol. The third kappa shape index (κ3) is 3.64. The number of amides is 1. The van der Waals surface area contributed by atoms with Gasteiger partial charge in [0.05, 0.1) is 31.7 Å². The van der Waals surface area contributed by atoms with Gasteiger partial charge in [-0.15, -0.1) is 0 Å². The summed E-state index contributed by atoms with van der Waals surface area (Å²) in [5.74, 6) is 0.821. The lowest BCUT2D eigenvalue weighted by Gasteiger charge is -2.21. The van der Waals surface area contributed by atoms with Crippen molar-refractivity contribution in [1.82, 2.24) is 19.6 Å². The van der Waals surface area contributed by atoms with Crippen molar-refractivity contribution in [3.05, 3.63) is 41.2 Å². The topological polar surface area (TPSA) is 59.8 Å². The van der Waals surface area contributed by atoms with Crippen LogP contribution in [0.15, 0.2) is 24.3 Å². The lowest BCUT2D eigenvalue weighted by Crippen LogP contribution is -2.36. The maximum atomic E-state index is 13.3. The van der Waals surface area contributed by atoms with Gasteiger partial charge >= 0.3 is 0 Å². The summed E-state index contributed by atoms with van der Waals surface area (Å²) in [4.78, 5) is 17.7. The highest BCUT2D eigenvalue weighted by Crippen LogP contribution is 2.26. The maximum Gasteiger partial charge on any atom is 0.274 e. The molecule has 0 atom stereocenters. The average Bonchev–Trinajstić information content (AvgIpc) is 2.96. The summed E-state index contributed by atoms with van der Waals surface area (Å²) in [7, 11) is 1.65. The highest BCUT2D eigenvalue weighted by molar-refractivity contribution is 5.94. The van der Waals surface area contributed by atoms with Gasteiger partial charge in [-0.1, -0.05) is 6.92 Å². The molecule has 2 aromatic rings. The standard InChI is InChI=1S/C21H28N4O3/c1-3-23-10-4-11-24(13-12-23)21(26)20-18-15-28-14-9-19(18)25(22-20)16-5-7-17(27-2)8-6-16/h5-8H,3-4,9-15H2,1-2H3. The highest BCUT2D eigenvalue weighted by atomic mass is 16.5. The third-order valence-electron chi connectivity index (χ3n) is 5.66. The van der Waals surface area contributed by atoms with Crippen molar-refractivity contribution in [2.75, 3.05) is 46.4 Å². The number of hydrogen-bond donors (Lipinski definition) is 0. The number of hydrogen-bond acceptors (Lipinski definition) is 5. The molecule has 3 heterocycles. The van der Waals surface area contributed by atoms with Crippen LogP contribution < -0.4 is 4.74 Å². The second-order valence-electron chi connectivity index (χ2n) is 7.27.